The Balaban J connectivity index is 1.32. The summed E-state index contributed by atoms with van der Waals surface area (Å²) in [5, 5.41) is 0.944. The van der Waals surface area contributed by atoms with Gasteiger partial charge in [-0.05, 0) is 41.1 Å². The molecular formula is C25H27N3OS+2. The molecular weight excluding hydrogens is 390 g/mol. The second kappa shape index (κ2) is 9.18. The number of thioether (sulfide) groups is 1. The molecule has 2 aromatic heterocycles. The lowest BCUT2D eigenvalue weighted by Gasteiger charge is -2.18. The first-order valence-corrected chi connectivity index (χ1v) is 11.0. The molecule has 0 aliphatic carbocycles. The number of rotatable bonds is 7. The van der Waals surface area contributed by atoms with E-state index in [0.29, 0.717) is 0 Å². The second-order valence-electron chi connectivity index (χ2n) is 7.39. The van der Waals surface area contributed by atoms with Crippen molar-refractivity contribution in [3.63, 3.8) is 0 Å². The summed E-state index contributed by atoms with van der Waals surface area (Å²) in [6.45, 7) is 0.942. The Morgan fingerprint density at radius 1 is 0.900 bits per heavy atom. The topological polar surface area (TPSA) is 24.1 Å². The Bertz CT molecular complexity index is 1150. The first-order valence-electron chi connectivity index (χ1n) is 10.0. The minimum Gasteiger partial charge on any atom is -0.393 e. The van der Waals surface area contributed by atoms with Gasteiger partial charge in [0.1, 0.15) is 14.1 Å². The van der Waals surface area contributed by atoms with Gasteiger partial charge in [0.2, 0.25) is 5.58 Å². The van der Waals surface area contributed by atoms with Crippen LogP contribution in [0.1, 0.15) is 11.1 Å². The van der Waals surface area contributed by atoms with E-state index in [1.807, 2.05) is 29.8 Å². The van der Waals surface area contributed by atoms with Crippen molar-refractivity contribution in [1.29, 1.82) is 0 Å². The second-order valence-corrected chi connectivity index (χ2v) is 8.43. The van der Waals surface area contributed by atoms with Crippen LogP contribution < -0.4 is 14.0 Å². The predicted molar refractivity (Wildman–Crippen MR) is 124 cm³/mol. The van der Waals surface area contributed by atoms with Crippen LogP contribution in [0.15, 0.2) is 82.7 Å². The number of aryl methyl sites for hydroxylation is 2. The van der Waals surface area contributed by atoms with Crippen molar-refractivity contribution in [2.24, 2.45) is 14.1 Å². The molecule has 30 heavy (non-hydrogen) atoms. The minimum absolute atomic E-state index is 0.934. The maximum absolute atomic E-state index is 5.97. The maximum atomic E-state index is 5.97. The highest BCUT2D eigenvalue weighted by molar-refractivity contribution is 7.99. The summed E-state index contributed by atoms with van der Waals surface area (Å²) < 4.78 is 10.1. The highest BCUT2D eigenvalue weighted by Gasteiger charge is 2.18. The molecule has 0 saturated carbocycles. The van der Waals surface area contributed by atoms with Crippen LogP contribution in [0.4, 0.5) is 5.69 Å². The minimum atomic E-state index is 0.934. The summed E-state index contributed by atoms with van der Waals surface area (Å²) in [7, 11) is 6.21. The molecule has 0 spiro atoms. The van der Waals surface area contributed by atoms with Gasteiger partial charge in [0, 0.05) is 43.2 Å². The number of fused-ring (bicyclic) bond motifs is 1. The van der Waals surface area contributed by atoms with E-state index in [2.05, 4.69) is 90.6 Å². The van der Waals surface area contributed by atoms with E-state index in [1.54, 1.807) is 11.8 Å². The summed E-state index contributed by atoms with van der Waals surface area (Å²) >= 11 is 1.75. The van der Waals surface area contributed by atoms with Crippen LogP contribution in [0.3, 0.4) is 0 Å². The van der Waals surface area contributed by atoms with E-state index in [1.165, 1.54) is 16.8 Å². The zero-order valence-electron chi connectivity index (χ0n) is 17.7. The van der Waals surface area contributed by atoms with Crippen molar-refractivity contribution < 1.29 is 13.6 Å². The lowest BCUT2D eigenvalue weighted by Crippen LogP contribution is -2.29. The Morgan fingerprint density at radius 2 is 1.57 bits per heavy atom. The van der Waals surface area contributed by atoms with Gasteiger partial charge in [-0.3, -0.25) is 0 Å². The van der Waals surface area contributed by atoms with E-state index in [-0.39, 0.29) is 0 Å². The molecule has 0 aliphatic rings. The van der Waals surface area contributed by atoms with Gasteiger partial charge in [0.05, 0.1) is 0 Å². The molecule has 4 aromatic rings. The molecule has 4 rings (SSSR count). The van der Waals surface area contributed by atoms with E-state index in [0.717, 1.165) is 28.6 Å². The average molecular weight is 418 g/mol. The molecule has 0 radical (unpaired) electrons. The van der Waals surface area contributed by atoms with Crippen LogP contribution in [-0.2, 0) is 14.1 Å². The Kier molecular flexibility index (Phi) is 6.19. The summed E-state index contributed by atoms with van der Waals surface area (Å²) in [5.74, 6) is 0.956. The Hall–Kier alpha value is -3.05. The van der Waals surface area contributed by atoms with Gasteiger partial charge in [0.15, 0.2) is 12.4 Å². The smallest absolute Gasteiger partial charge is 0.393 e. The third-order valence-corrected chi connectivity index (χ3v) is 6.15. The summed E-state index contributed by atoms with van der Waals surface area (Å²) in [5.41, 5.74) is 5.67. The van der Waals surface area contributed by atoms with Crippen molar-refractivity contribution in [1.82, 2.24) is 0 Å². The number of nitrogens with zero attached hydrogens (tertiary/aromatic N) is 3. The third kappa shape index (κ3) is 4.74. The molecule has 152 valence electrons. The fourth-order valence-corrected chi connectivity index (χ4v) is 4.24. The van der Waals surface area contributed by atoms with Gasteiger partial charge in [-0.25, -0.2) is 4.57 Å². The molecule has 5 heteroatoms. The third-order valence-electron chi connectivity index (χ3n) is 5.16. The van der Waals surface area contributed by atoms with Crippen LogP contribution in [0.2, 0.25) is 0 Å². The predicted octanol–water partition coefficient (Wildman–Crippen LogP) is 4.48. The first-order chi connectivity index (χ1) is 14.6. The largest absolute Gasteiger partial charge is 0.412 e. The van der Waals surface area contributed by atoms with Crippen LogP contribution in [0.5, 0.6) is 0 Å². The quantitative estimate of drug-likeness (QED) is 0.327. The highest BCUT2D eigenvalue weighted by Crippen LogP contribution is 2.22. The normalized spacial score (nSPS) is 11.4. The lowest BCUT2D eigenvalue weighted by molar-refractivity contribution is -0.692. The molecule has 2 aromatic carbocycles. The van der Waals surface area contributed by atoms with Gasteiger partial charge < -0.3 is 9.32 Å². The first kappa shape index (κ1) is 20.2. The van der Waals surface area contributed by atoms with Gasteiger partial charge in [-0.2, -0.15) is 4.57 Å². The monoisotopic (exact) mass is 417 g/mol. The number of anilines is 1. The molecule has 0 fully saturated rings. The van der Waals surface area contributed by atoms with Gasteiger partial charge in [0.25, 0.3) is 5.52 Å². The SMILES string of the molecule is CN(CCSc1oc2ccccc2[n+]1C)c1ccc(/C=C/c2cc[n+](C)cc2)cc1. The maximum Gasteiger partial charge on any atom is 0.412 e. The zero-order chi connectivity index (χ0) is 20.9. The van der Waals surface area contributed by atoms with Crippen molar-refractivity contribution in [3.8, 4) is 0 Å². The molecule has 0 N–H and O–H groups in total. The van der Waals surface area contributed by atoms with Crippen molar-refractivity contribution in [2.45, 2.75) is 5.22 Å². The van der Waals surface area contributed by atoms with E-state index in [4.69, 9.17) is 4.42 Å². The van der Waals surface area contributed by atoms with E-state index in [9.17, 15) is 0 Å². The lowest BCUT2D eigenvalue weighted by atomic mass is 10.1. The number of aromatic nitrogens is 2. The van der Waals surface area contributed by atoms with Crippen LogP contribution in [-0.4, -0.2) is 19.3 Å². The Morgan fingerprint density at radius 3 is 2.27 bits per heavy atom. The molecule has 0 saturated heterocycles. The molecule has 2 heterocycles. The summed E-state index contributed by atoms with van der Waals surface area (Å²) in [6.07, 6.45) is 8.40. The fraction of sp³-hybridized carbons (Fsp3) is 0.200. The van der Waals surface area contributed by atoms with Crippen LogP contribution in [0.25, 0.3) is 23.3 Å². The van der Waals surface area contributed by atoms with Crippen LogP contribution >= 0.6 is 11.8 Å². The number of oxazole rings is 1. The van der Waals surface area contributed by atoms with Crippen molar-refractivity contribution in [3.05, 3.63) is 84.2 Å². The average Bonchev–Trinajstić information content (AvgIpc) is 3.09. The number of hydrogen-bond acceptors (Lipinski definition) is 3. The van der Waals surface area contributed by atoms with E-state index >= 15 is 0 Å². The van der Waals surface area contributed by atoms with Gasteiger partial charge in [-0.15, -0.1) is 0 Å². The number of benzene rings is 2. The molecule has 0 unspecified atom stereocenters. The zero-order valence-corrected chi connectivity index (χ0v) is 18.5. The van der Waals surface area contributed by atoms with Crippen molar-refractivity contribution >= 4 is 40.7 Å². The molecule has 0 atom stereocenters. The van der Waals surface area contributed by atoms with Crippen molar-refractivity contribution in [2.75, 3.05) is 24.2 Å². The van der Waals surface area contributed by atoms with Gasteiger partial charge >= 0.3 is 5.22 Å². The fourth-order valence-electron chi connectivity index (χ4n) is 3.26. The van der Waals surface area contributed by atoms with Crippen LogP contribution in [0, 0.1) is 0 Å². The summed E-state index contributed by atoms with van der Waals surface area (Å²) in [6, 6.07) is 21.0. The molecule has 0 amide bonds. The van der Waals surface area contributed by atoms with Gasteiger partial charge in [-0.1, -0.05) is 36.4 Å². The molecule has 0 bridgehead atoms. The van der Waals surface area contributed by atoms with E-state index < -0.39 is 0 Å². The molecule has 4 nitrogen and oxygen atoms in total. The number of pyridine rings is 1. The molecule has 0 aliphatic heterocycles. The summed E-state index contributed by atoms with van der Waals surface area (Å²) in [4.78, 5) is 2.28. The number of para-hydroxylation sites is 2. The standard InChI is InChI=1S/C25H27N3OS/c1-26-16-14-21(15-17-26)9-8-20-10-12-22(13-11-20)27(2)18-19-30-25-28(3)23-6-4-5-7-24(23)29-25/h4-17H,18-19H2,1-3H3/q+2. The Labute approximate surface area is 182 Å². The number of hydrogen-bond donors (Lipinski definition) is 0. The highest BCUT2D eigenvalue weighted by atomic mass is 32.2.